The summed E-state index contributed by atoms with van der Waals surface area (Å²) in [5, 5.41) is 3.50. The number of hydrogen-bond acceptors (Lipinski definition) is 2. The molecule has 0 unspecified atom stereocenters. The van der Waals surface area contributed by atoms with Crippen LogP contribution in [0, 0.1) is 6.92 Å². The molecule has 0 amide bonds. The smallest absolute Gasteiger partial charge is 0.127 e. The van der Waals surface area contributed by atoms with Gasteiger partial charge >= 0.3 is 0 Å². The zero-order chi connectivity index (χ0) is 11.1. The normalized spacial score (nSPS) is 11.1. The summed E-state index contributed by atoms with van der Waals surface area (Å²) in [6, 6.07) is 14.5. The molecule has 0 saturated carbocycles. The van der Waals surface area contributed by atoms with Crippen molar-refractivity contribution in [3.05, 3.63) is 48.0 Å². The van der Waals surface area contributed by atoms with Gasteiger partial charge in [0, 0.05) is 10.8 Å². The van der Waals surface area contributed by atoms with Crippen molar-refractivity contribution in [2.75, 3.05) is 5.73 Å². The van der Waals surface area contributed by atoms with Crippen LogP contribution in [0.4, 0.5) is 5.82 Å². The summed E-state index contributed by atoms with van der Waals surface area (Å²) >= 11 is 0. The first-order valence-electron chi connectivity index (χ1n) is 5.30. The number of fused-ring (bicyclic) bond motifs is 3. The second-order valence-electron chi connectivity index (χ2n) is 4.05. The van der Waals surface area contributed by atoms with Crippen molar-refractivity contribution in [1.82, 2.24) is 4.98 Å². The van der Waals surface area contributed by atoms with Crippen LogP contribution in [0.2, 0.25) is 0 Å². The SMILES string of the molecule is Cc1cc2ccc3ccccc3c2nc1N. The number of anilines is 1. The van der Waals surface area contributed by atoms with Crippen molar-refractivity contribution >= 4 is 27.5 Å². The average molecular weight is 208 g/mol. The summed E-state index contributed by atoms with van der Waals surface area (Å²) < 4.78 is 0. The topological polar surface area (TPSA) is 38.9 Å². The predicted octanol–water partition coefficient (Wildman–Crippen LogP) is 3.28. The van der Waals surface area contributed by atoms with E-state index < -0.39 is 0 Å². The van der Waals surface area contributed by atoms with Crippen LogP contribution < -0.4 is 5.73 Å². The quantitative estimate of drug-likeness (QED) is 0.576. The standard InChI is InChI=1S/C14H12N2/c1-9-8-11-7-6-10-4-2-3-5-12(10)13(11)16-14(9)15/h2-8H,1H3,(H2,15,16). The van der Waals surface area contributed by atoms with Gasteiger partial charge < -0.3 is 5.73 Å². The number of rotatable bonds is 0. The lowest BCUT2D eigenvalue weighted by Crippen LogP contribution is -1.94. The van der Waals surface area contributed by atoms with Crippen LogP contribution in [-0.4, -0.2) is 4.98 Å². The first-order chi connectivity index (χ1) is 7.75. The highest BCUT2D eigenvalue weighted by molar-refractivity contribution is 6.05. The van der Waals surface area contributed by atoms with Gasteiger partial charge in [0.05, 0.1) is 5.52 Å². The second kappa shape index (κ2) is 3.20. The Balaban J connectivity index is 2.55. The molecule has 0 aliphatic carbocycles. The molecule has 0 fully saturated rings. The van der Waals surface area contributed by atoms with Gasteiger partial charge in [-0.15, -0.1) is 0 Å². The molecule has 3 aromatic rings. The molecule has 2 N–H and O–H groups in total. The van der Waals surface area contributed by atoms with E-state index in [0.717, 1.165) is 21.9 Å². The van der Waals surface area contributed by atoms with Gasteiger partial charge in [0.25, 0.3) is 0 Å². The van der Waals surface area contributed by atoms with E-state index in [9.17, 15) is 0 Å². The Kier molecular flexibility index (Phi) is 1.83. The van der Waals surface area contributed by atoms with Crippen LogP contribution in [0.3, 0.4) is 0 Å². The van der Waals surface area contributed by atoms with Crippen molar-refractivity contribution in [3.8, 4) is 0 Å². The van der Waals surface area contributed by atoms with Gasteiger partial charge in [0.2, 0.25) is 0 Å². The third kappa shape index (κ3) is 1.23. The van der Waals surface area contributed by atoms with Crippen molar-refractivity contribution in [2.45, 2.75) is 6.92 Å². The minimum atomic E-state index is 0.615. The van der Waals surface area contributed by atoms with Gasteiger partial charge in [-0.25, -0.2) is 4.98 Å². The van der Waals surface area contributed by atoms with E-state index in [2.05, 4.69) is 35.3 Å². The van der Waals surface area contributed by atoms with Crippen LogP contribution in [-0.2, 0) is 0 Å². The lowest BCUT2D eigenvalue weighted by molar-refractivity contribution is 1.35. The van der Waals surface area contributed by atoms with Crippen LogP contribution in [0.5, 0.6) is 0 Å². The summed E-state index contributed by atoms with van der Waals surface area (Å²) in [7, 11) is 0. The molecule has 2 nitrogen and oxygen atoms in total. The number of pyridine rings is 1. The second-order valence-corrected chi connectivity index (χ2v) is 4.05. The third-order valence-electron chi connectivity index (χ3n) is 2.94. The fourth-order valence-corrected chi connectivity index (χ4v) is 2.03. The monoisotopic (exact) mass is 208 g/mol. The Morgan fingerprint density at radius 1 is 1.00 bits per heavy atom. The van der Waals surface area contributed by atoms with Crippen molar-refractivity contribution in [3.63, 3.8) is 0 Å². The number of nitrogens with two attached hydrogens (primary N) is 1. The van der Waals surface area contributed by atoms with Crippen LogP contribution in [0.25, 0.3) is 21.7 Å². The molecule has 78 valence electrons. The number of hydrogen-bond donors (Lipinski definition) is 1. The summed E-state index contributed by atoms with van der Waals surface area (Å²) in [5.74, 6) is 0.615. The minimum absolute atomic E-state index is 0.615. The Morgan fingerprint density at radius 3 is 2.62 bits per heavy atom. The molecule has 0 radical (unpaired) electrons. The van der Waals surface area contributed by atoms with E-state index >= 15 is 0 Å². The molecule has 1 heterocycles. The zero-order valence-electron chi connectivity index (χ0n) is 9.07. The Morgan fingerprint density at radius 2 is 1.75 bits per heavy atom. The number of aromatic nitrogens is 1. The molecule has 16 heavy (non-hydrogen) atoms. The van der Waals surface area contributed by atoms with Crippen molar-refractivity contribution < 1.29 is 0 Å². The minimum Gasteiger partial charge on any atom is -0.383 e. The number of nitrogens with zero attached hydrogens (tertiary/aromatic N) is 1. The van der Waals surface area contributed by atoms with Gasteiger partial charge in [-0.05, 0) is 23.9 Å². The maximum absolute atomic E-state index is 5.87. The molecular weight excluding hydrogens is 196 g/mol. The van der Waals surface area contributed by atoms with E-state index in [1.54, 1.807) is 0 Å². The summed E-state index contributed by atoms with van der Waals surface area (Å²) in [5.41, 5.74) is 7.88. The molecule has 1 aromatic heterocycles. The fraction of sp³-hybridized carbons (Fsp3) is 0.0714. The molecular formula is C14H12N2. The molecule has 0 bridgehead atoms. The van der Waals surface area contributed by atoms with Gasteiger partial charge in [-0.2, -0.15) is 0 Å². The maximum Gasteiger partial charge on any atom is 0.127 e. The van der Waals surface area contributed by atoms with Crippen LogP contribution in [0.1, 0.15) is 5.56 Å². The fourth-order valence-electron chi connectivity index (χ4n) is 2.03. The Labute approximate surface area is 93.7 Å². The summed E-state index contributed by atoms with van der Waals surface area (Å²) in [4.78, 5) is 4.48. The van der Waals surface area contributed by atoms with E-state index in [1.165, 1.54) is 5.39 Å². The molecule has 2 aromatic carbocycles. The largest absolute Gasteiger partial charge is 0.383 e. The first-order valence-corrected chi connectivity index (χ1v) is 5.30. The van der Waals surface area contributed by atoms with Crippen LogP contribution in [0.15, 0.2) is 42.5 Å². The zero-order valence-corrected chi connectivity index (χ0v) is 9.07. The van der Waals surface area contributed by atoms with E-state index in [0.29, 0.717) is 5.82 Å². The van der Waals surface area contributed by atoms with Gasteiger partial charge in [-0.3, -0.25) is 0 Å². The lowest BCUT2D eigenvalue weighted by Gasteiger charge is -2.06. The summed E-state index contributed by atoms with van der Waals surface area (Å²) in [6.45, 7) is 1.98. The highest BCUT2D eigenvalue weighted by Gasteiger charge is 2.03. The molecule has 2 heteroatoms. The van der Waals surface area contributed by atoms with Crippen molar-refractivity contribution in [1.29, 1.82) is 0 Å². The average Bonchev–Trinajstić information content (AvgIpc) is 2.31. The van der Waals surface area contributed by atoms with Crippen LogP contribution >= 0.6 is 0 Å². The highest BCUT2D eigenvalue weighted by Crippen LogP contribution is 2.25. The predicted molar refractivity (Wildman–Crippen MR) is 68.4 cm³/mol. The van der Waals surface area contributed by atoms with Crippen molar-refractivity contribution in [2.24, 2.45) is 0 Å². The first kappa shape index (κ1) is 9.16. The highest BCUT2D eigenvalue weighted by atomic mass is 14.8. The molecule has 0 aliphatic heterocycles. The number of benzene rings is 2. The maximum atomic E-state index is 5.87. The molecule has 0 spiro atoms. The lowest BCUT2D eigenvalue weighted by atomic mass is 10.1. The third-order valence-corrected chi connectivity index (χ3v) is 2.94. The molecule has 0 atom stereocenters. The summed E-state index contributed by atoms with van der Waals surface area (Å²) in [6.07, 6.45) is 0. The van der Waals surface area contributed by atoms with Gasteiger partial charge in [0.15, 0.2) is 0 Å². The molecule has 3 rings (SSSR count). The van der Waals surface area contributed by atoms with E-state index in [-0.39, 0.29) is 0 Å². The Bertz CT molecular complexity index is 687. The molecule has 0 aliphatic rings. The van der Waals surface area contributed by atoms with Gasteiger partial charge in [0.1, 0.15) is 5.82 Å². The Hall–Kier alpha value is -2.09. The van der Waals surface area contributed by atoms with E-state index in [4.69, 9.17) is 5.73 Å². The van der Waals surface area contributed by atoms with Gasteiger partial charge in [-0.1, -0.05) is 36.4 Å². The number of aryl methyl sites for hydroxylation is 1. The van der Waals surface area contributed by atoms with E-state index in [1.807, 2.05) is 19.1 Å². The molecule has 0 saturated heterocycles. The number of nitrogen functional groups attached to an aromatic ring is 1.